The normalized spacial score (nSPS) is 12.8. The molecule has 0 saturated heterocycles. The number of hydrogen-bond donors (Lipinski definition) is 2. The number of carbonyl (C=O) groups is 1. The molecule has 0 bridgehead atoms. The summed E-state index contributed by atoms with van der Waals surface area (Å²) in [5.74, 6) is -0.404. The zero-order valence-electron chi connectivity index (χ0n) is 13.5. The van der Waals surface area contributed by atoms with Crippen molar-refractivity contribution in [2.75, 3.05) is 39.3 Å². The molecule has 0 heterocycles. The lowest BCUT2D eigenvalue weighted by molar-refractivity contribution is -0.137. The number of ether oxygens (including phenoxy) is 3. The first-order valence-electron chi connectivity index (χ1n) is 7.17. The van der Waals surface area contributed by atoms with Crippen LogP contribution in [0.15, 0.2) is 18.2 Å². The Labute approximate surface area is 138 Å². The van der Waals surface area contributed by atoms with Crippen LogP contribution in [0.2, 0.25) is 0 Å². The highest BCUT2D eigenvalue weighted by Crippen LogP contribution is 2.35. The van der Waals surface area contributed by atoms with Gasteiger partial charge in [-0.2, -0.15) is 13.2 Å². The van der Waals surface area contributed by atoms with Gasteiger partial charge in [-0.05, 0) is 18.2 Å². The van der Waals surface area contributed by atoms with Gasteiger partial charge in [-0.3, -0.25) is 4.79 Å². The second-order valence-corrected chi connectivity index (χ2v) is 4.90. The summed E-state index contributed by atoms with van der Waals surface area (Å²) in [4.78, 5) is 12.0. The molecule has 0 aliphatic carbocycles. The Balaban J connectivity index is 2.95. The van der Waals surface area contributed by atoms with Crippen molar-refractivity contribution in [1.29, 1.82) is 0 Å². The van der Waals surface area contributed by atoms with Crippen LogP contribution < -0.4 is 15.8 Å². The van der Waals surface area contributed by atoms with Gasteiger partial charge in [-0.25, -0.2) is 0 Å². The predicted octanol–water partition coefficient (Wildman–Crippen LogP) is 2.03. The van der Waals surface area contributed by atoms with Crippen molar-refractivity contribution < 1.29 is 32.2 Å². The third-order valence-electron chi connectivity index (χ3n) is 3.14. The summed E-state index contributed by atoms with van der Waals surface area (Å²) in [5, 5.41) is 2.41. The average Bonchev–Trinajstić information content (AvgIpc) is 2.53. The summed E-state index contributed by atoms with van der Waals surface area (Å²) in [6.45, 7) is 0.505. The molecule has 9 heteroatoms. The van der Waals surface area contributed by atoms with Crippen molar-refractivity contribution >= 4 is 11.6 Å². The molecule has 0 aromatic heterocycles. The van der Waals surface area contributed by atoms with Gasteiger partial charge in [-0.1, -0.05) is 0 Å². The molecule has 1 aromatic carbocycles. The molecule has 0 spiro atoms. The molecule has 0 fully saturated rings. The monoisotopic (exact) mass is 350 g/mol. The van der Waals surface area contributed by atoms with E-state index in [1.807, 2.05) is 0 Å². The number of hydrogen-bond acceptors (Lipinski definition) is 5. The predicted molar refractivity (Wildman–Crippen MR) is 81.9 cm³/mol. The van der Waals surface area contributed by atoms with Crippen LogP contribution in [0.3, 0.4) is 0 Å². The van der Waals surface area contributed by atoms with Crippen molar-refractivity contribution in [3.63, 3.8) is 0 Å². The van der Waals surface area contributed by atoms with Gasteiger partial charge in [0.15, 0.2) is 0 Å². The molecule has 24 heavy (non-hydrogen) atoms. The molecule has 1 rings (SSSR count). The number of anilines is 1. The maximum Gasteiger partial charge on any atom is 0.416 e. The van der Waals surface area contributed by atoms with Gasteiger partial charge in [0.1, 0.15) is 12.4 Å². The summed E-state index contributed by atoms with van der Waals surface area (Å²) in [5.41, 5.74) is 4.46. The highest BCUT2D eigenvalue weighted by atomic mass is 19.4. The Hall–Kier alpha value is -1.84. The maximum atomic E-state index is 12.9. The summed E-state index contributed by atoms with van der Waals surface area (Å²) in [6.07, 6.45) is -5.13. The van der Waals surface area contributed by atoms with Crippen molar-refractivity contribution in [2.24, 2.45) is 5.73 Å². The molecule has 0 radical (unpaired) electrons. The number of nitrogens with one attached hydrogen (secondary N) is 1. The lowest BCUT2D eigenvalue weighted by Crippen LogP contribution is -2.28. The molecule has 136 valence electrons. The first kappa shape index (κ1) is 20.2. The van der Waals surface area contributed by atoms with Gasteiger partial charge in [-0.15, -0.1) is 0 Å². The minimum absolute atomic E-state index is 0.0715. The van der Waals surface area contributed by atoms with Crippen LogP contribution >= 0.6 is 0 Å². The van der Waals surface area contributed by atoms with Gasteiger partial charge >= 0.3 is 6.18 Å². The zero-order chi connectivity index (χ0) is 18.2. The zero-order valence-corrected chi connectivity index (χ0v) is 13.5. The topological polar surface area (TPSA) is 82.8 Å². The van der Waals surface area contributed by atoms with Crippen LogP contribution in [0.5, 0.6) is 5.75 Å². The van der Waals surface area contributed by atoms with E-state index in [-0.39, 0.29) is 37.6 Å². The Bertz CT molecular complexity index is 534. The number of halogens is 3. The molecule has 1 amide bonds. The minimum Gasteiger partial charge on any atom is -0.489 e. The van der Waals surface area contributed by atoms with Gasteiger partial charge in [0.2, 0.25) is 5.91 Å². The van der Waals surface area contributed by atoms with E-state index in [4.69, 9.17) is 19.9 Å². The van der Waals surface area contributed by atoms with E-state index in [1.165, 1.54) is 14.2 Å². The van der Waals surface area contributed by atoms with Gasteiger partial charge in [0.05, 0.1) is 30.4 Å². The maximum absolute atomic E-state index is 12.9. The van der Waals surface area contributed by atoms with Crippen molar-refractivity contribution in [1.82, 2.24) is 0 Å². The van der Waals surface area contributed by atoms with E-state index in [2.05, 4.69) is 5.32 Å². The summed E-state index contributed by atoms with van der Waals surface area (Å²) in [6, 6.07) is 2.87. The number of alkyl halides is 3. The van der Waals surface area contributed by atoms with E-state index < -0.39 is 23.8 Å². The Kier molecular flexibility index (Phi) is 7.96. The van der Waals surface area contributed by atoms with Crippen LogP contribution in [-0.4, -0.2) is 46.0 Å². The van der Waals surface area contributed by atoms with Gasteiger partial charge < -0.3 is 25.3 Å². The van der Waals surface area contributed by atoms with E-state index in [0.29, 0.717) is 0 Å². The number of benzene rings is 1. The van der Waals surface area contributed by atoms with Crippen molar-refractivity contribution in [2.45, 2.75) is 18.7 Å². The molecule has 1 atom stereocenters. The molecule has 0 aliphatic heterocycles. The second-order valence-electron chi connectivity index (χ2n) is 4.90. The molecule has 0 aliphatic rings. The average molecular weight is 350 g/mol. The Morgan fingerprint density at radius 2 is 2.00 bits per heavy atom. The van der Waals surface area contributed by atoms with Crippen LogP contribution in [0.25, 0.3) is 0 Å². The van der Waals surface area contributed by atoms with Crippen LogP contribution in [0.4, 0.5) is 18.9 Å². The van der Waals surface area contributed by atoms with Crippen LogP contribution in [0, 0.1) is 0 Å². The first-order chi connectivity index (χ1) is 11.3. The highest BCUT2D eigenvalue weighted by molar-refractivity contribution is 5.92. The minimum atomic E-state index is -4.53. The van der Waals surface area contributed by atoms with Gasteiger partial charge in [0, 0.05) is 20.8 Å². The number of methoxy groups -OCH3 is 2. The smallest absolute Gasteiger partial charge is 0.416 e. The fraction of sp³-hybridized carbons (Fsp3) is 0.533. The van der Waals surface area contributed by atoms with Crippen LogP contribution in [-0.2, 0) is 20.4 Å². The number of amides is 1. The molecule has 1 aromatic rings. The molecule has 3 N–H and O–H groups in total. The van der Waals surface area contributed by atoms with E-state index in [0.717, 1.165) is 18.2 Å². The third-order valence-corrected chi connectivity index (χ3v) is 3.14. The molecular formula is C15H21F3N2O4. The van der Waals surface area contributed by atoms with Crippen molar-refractivity contribution in [3.05, 3.63) is 23.8 Å². The molecule has 6 nitrogen and oxygen atoms in total. The SMILES string of the molecule is COCCOc1ccc(C(F)(F)F)cc1NC(=O)CC(CN)OC. The first-order valence-corrected chi connectivity index (χ1v) is 7.17. The lowest BCUT2D eigenvalue weighted by Gasteiger charge is -2.17. The van der Waals surface area contributed by atoms with E-state index in [9.17, 15) is 18.0 Å². The molecular weight excluding hydrogens is 329 g/mol. The van der Waals surface area contributed by atoms with Crippen LogP contribution in [0.1, 0.15) is 12.0 Å². The largest absolute Gasteiger partial charge is 0.489 e. The fourth-order valence-corrected chi connectivity index (χ4v) is 1.84. The number of rotatable bonds is 9. The Morgan fingerprint density at radius 1 is 1.29 bits per heavy atom. The third kappa shape index (κ3) is 6.34. The molecule has 1 unspecified atom stereocenters. The Morgan fingerprint density at radius 3 is 2.54 bits per heavy atom. The fourth-order valence-electron chi connectivity index (χ4n) is 1.84. The summed E-state index contributed by atoms with van der Waals surface area (Å²) in [7, 11) is 2.87. The van der Waals surface area contributed by atoms with E-state index >= 15 is 0 Å². The summed E-state index contributed by atoms with van der Waals surface area (Å²) < 4.78 is 53.7. The molecule has 0 saturated carbocycles. The van der Waals surface area contributed by atoms with Gasteiger partial charge in [0.25, 0.3) is 0 Å². The van der Waals surface area contributed by atoms with E-state index in [1.54, 1.807) is 0 Å². The summed E-state index contributed by atoms with van der Waals surface area (Å²) >= 11 is 0. The number of carbonyl (C=O) groups excluding carboxylic acids is 1. The quantitative estimate of drug-likeness (QED) is 0.666. The lowest BCUT2D eigenvalue weighted by atomic mass is 10.1. The second kappa shape index (κ2) is 9.45. The van der Waals surface area contributed by atoms with Crippen molar-refractivity contribution in [3.8, 4) is 5.75 Å². The highest BCUT2D eigenvalue weighted by Gasteiger charge is 2.31. The standard InChI is InChI=1S/C15H21F3N2O4/c1-22-5-6-24-13-4-3-10(15(16,17)18)7-12(13)20-14(21)8-11(9-19)23-2/h3-4,7,11H,5-6,8-9,19H2,1-2H3,(H,20,21). The number of nitrogens with two attached hydrogens (primary N) is 1.